The zero-order valence-electron chi connectivity index (χ0n) is 15.7. The summed E-state index contributed by atoms with van der Waals surface area (Å²) in [6.07, 6.45) is 0. The maximum atomic E-state index is 12.5. The minimum absolute atomic E-state index is 0.0815. The van der Waals surface area contributed by atoms with Gasteiger partial charge in [-0.1, -0.05) is 43.8 Å². The number of Topliss-reactive ketones (excluding diaryl/α,β-unsaturated/α-hetero) is 1. The standard InChI is InChI=1S/C18H20N6O3S/c1-10(2)15-20-17(22-24(15)11-7-5-4-6-8-11)28-9-12(25)13-14(19)23(3)18(27)21-16(13)26/h4-8,10H,9,19H2,1-3H3,(H,21,26,27). The second kappa shape index (κ2) is 7.85. The number of hydrogen-bond donors (Lipinski definition) is 2. The molecule has 0 aliphatic carbocycles. The monoisotopic (exact) mass is 400 g/mol. The molecule has 0 aliphatic rings. The van der Waals surface area contributed by atoms with E-state index in [-0.39, 0.29) is 23.1 Å². The van der Waals surface area contributed by atoms with Crippen molar-refractivity contribution in [2.75, 3.05) is 11.5 Å². The topological polar surface area (TPSA) is 129 Å². The highest BCUT2D eigenvalue weighted by Crippen LogP contribution is 2.22. The molecule has 0 atom stereocenters. The van der Waals surface area contributed by atoms with Crippen molar-refractivity contribution < 1.29 is 4.79 Å². The molecule has 2 aromatic heterocycles. The summed E-state index contributed by atoms with van der Waals surface area (Å²) in [7, 11) is 1.38. The Balaban J connectivity index is 1.86. The van der Waals surface area contributed by atoms with Gasteiger partial charge in [0.1, 0.15) is 17.2 Å². The van der Waals surface area contributed by atoms with Crippen molar-refractivity contribution in [3.8, 4) is 5.69 Å². The number of ketones is 1. The number of hydrogen-bond acceptors (Lipinski definition) is 7. The van der Waals surface area contributed by atoms with Crippen molar-refractivity contribution in [3.63, 3.8) is 0 Å². The van der Waals surface area contributed by atoms with E-state index in [9.17, 15) is 14.4 Å². The lowest BCUT2D eigenvalue weighted by molar-refractivity contribution is 0.102. The molecule has 0 radical (unpaired) electrons. The van der Waals surface area contributed by atoms with Crippen LogP contribution >= 0.6 is 11.8 Å². The van der Waals surface area contributed by atoms with Crippen LogP contribution in [-0.4, -0.2) is 35.9 Å². The van der Waals surface area contributed by atoms with Crippen LogP contribution in [0.3, 0.4) is 0 Å². The molecule has 0 amide bonds. The smallest absolute Gasteiger partial charge is 0.329 e. The maximum Gasteiger partial charge on any atom is 0.329 e. The Morgan fingerprint density at radius 2 is 1.93 bits per heavy atom. The van der Waals surface area contributed by atoms with Gasteiger partial charge in [-0.15, -0.1) is 5.10 Å². The maximum absolute atomic E-state index is 12.5. The van der Waals surface area contributed by atoms with Gasteiger partial charge in [0.05, 0.1) is 11.4 Å². The molecule has 0 spiro atoms. The number of para-hydroxylation sites is 1. The quantitative estimate of drug-likeness (QED) is 0.472. The van der Waals surface area contributed by atoms with Crippen LogP contribution in [0.25, 0.3) is 5.69 Å². The SMILES string of the molecule is CC(C)c1nc(SCC(=O)c2c(N)n(C)c(=O)[nH]c2=O)nn1-c1ccccc1. The van der Waals surface area contributed by atoms with Crippen LogP contribution in [0.15, 0.2) is 45.1 Å². The van der Waals surface area contributed by atoms with Gasteiger partial charge in [0.15, 0.2) is 5.78 Å². The number of thioether (sulfide) groups is 1. The van der Waals surface area contributed by atoms with E-state index in [0.717, 1.165) is 27.8 Å². The number of benzene rings is 1. The fourth-order valence-electron chi connectivity index (χ4n) is 2.61. The molecular weight excluding hydrogens is 380 g/mol. The van der Waals surface area contributed by atoms with Gasteiger partial charge in [-0.25, -0.2) is 14.5 Å². The Labute approximate surface area is 164 Å². The number of nitrogens with one attached hydrogen (secondary N) is 1. The van der Waals surface area contributed by atoms with Crippen molar-refractivity contribution in [1.82, 2.24) is 24.3 Å². The van der Waals surface area contributed by atoms with Gasteiger partial charge in [0, 0.05) is 13.0 Å². The van der Waals surface area contributed by atoms with E-state index >= 15 is 0 Å². The molecule has 3 N–H and O–H groups in total. The lowest BCUT2D eigenvalue weighted by atomic mass is 10.2. The van der Waals surface area contributed by atoms with Gasteiger partial charge in [-0.2, -0.15) is 0 Å². The number of aromatic nitrogens is 5. The van der Waals surface area contributed by atoms with Gasteiger partial charge in [-0.3, -0.25) is 19.1 Å². The molecule has 3 aromatic rings. The van der Waals surface area contributed by atoms with Crippen molar-refractivity contribution >= 4 is 23.4 Å². The molecule has 0 saturated heterocycles. The molecule has 0 fully saturated rings. The van der Waals surface area contributed by atoms with E-state index in [2.05, 4.69) is 15.1 Å². The minimum Gasteiger partial charge on any atom is -0.384 e. The molecule has 9 nitrogen and oxygen atoms in total. The van der Waals surface area contributed by atoms with Crippen LogP contribution in [0.1, 0.15) is 35.9 Å². The third kappa shape index (κ3) is 3.77. The fourth-order valence-corrected chi connectivity index (χ4v) is 3.31. The first-order valence-electron chi connectivity index (χ1n) is 8.56. The van der Waals surface area contributed by atoms with Gasteiger partial charge in [0.25, 0.3) is 5.56 Å². The third-order valence-corrected chi connectivity index (χ3v) is 4.95. The number of aromatic amines is 1. The number of nitrogens with two attached hydrogens (primary N) is 1. The van der Waals surface area contributed by atoms with E-state index in [0.29, 0.717) is 5.16 Å². The Hall–Kier alpha value is -3.14. The fraction of sp³-hybridized carbons (Fsp3) is 0.278. The van der Waals surface area contributed by atoms with Crippen LogP contribution in [0.4, 0.5) is 5.82 Å². The van der Waals surface area contributed by atoms with Crippen molar-refractivity contribution in [2.24, 2.45) is 7.05 Å². The number of H-pyrrole nitrogens is 1. The number of rotatable bonds is 6. The molecule has 3 rings (SSSR count). The molecule has 0 aliphatic heterocycles. The van der Waals surface area contributed by atoms with E-state index in [1.165, 1.54) is 7.05 Å². The van der Waals surface area contributed by atoms with Crippen LogP contribution < -0.4 is 17.0 Å². The summed E-state index contributed by atoms with van der Waals surface area (Å²) in [5, 5.41) is 4.91. The molecule has 146 valence electrons. The highest BCUT2D eigenvalue weighted by atomic mass is 32.2. The molecule has 0 bridgehead atoms. The van der Waals surface area contributed by atoms with Gasteiger partial charge < -0.3 is 5.73 Å². The van der Waals surface area contributed by atoms with E-state index in [1.807, 2.05) is 44.2 Å². The Morgan fingerprint density at radius 3 is 2.57 bits per heavy atom. The number of carbonyl (C=O) groups excluding carboxylic acids is 1. The van der Waals surface area contributed by atoms with E-state index in [4.69, 9.17) is 5.73 Å². The average molecular weight is 400 g/mol. The Morgan fingerprint density at radius 1 is 1.25 bits per heavy atom. The summed E-state index contributed by atoms with van der Waals surface area (Å²) < 4.78 is 2.77. The highest BCUT2D eigenvalue weighted by molar-refractivity contribution is 7.99. The molecule has 0 unspecified atom stereocenters. The zero-order chi connectivity index (χ0) is 20.4. The summed E-state index contributed by atoms with van der Waals surface area (Å²) in [5.74, 6) is 0.147. The molecule has 2 heterocycles. The minimum atomic E-state index is -0.795. The first kappa shape index (κ1) is 19.6. The van der Waals surface area contributed by atoms with E-state index < -0.39 is 17.0 Å². The summed E-state index contributed by atoms with van der Waals surface area (Å²) in [6.45, 7) is 4.02. The second-order valence-corrected chi connectivity index (χ2v) is 7.39. The van der Waals surface area contributed by atoms with Gasteiger partial charge in [0.2, 0.25) is 5.16 Å². The summed E-state index contributed by atoms with van der Waals surface area (Å²) >= 11 is 1.11. The Bertz CT molecular complexity index is 1130. The first-order chi connectivity index (χ1) is 13.3. The summed E-state index contributed by atoms with van der Waals surface area (Å²) in [4.78, 5) is 42.6. The largest absolute Gasteiger partial charge is 0.384 e. The van der Waals surface area contributed by atoms with Crippen LogP contribution in [0.5, 0.6) is 0 Å². The van der Waals surface area contributed by atoms with Crippen molar-refractivity contribution in [3.05, 3.63) is 62.6 Å². The Kier molecular flexibility index (Phi) is 5.50. The summed E-state index contributed by atoms with van der Waals surface area (Å²) in [5.41, 5.74) is 4.95. The van der Waals surface area contributed by atoms with Crippen LogP contribution in [0.2, 0.25) is 0 Å². The molecule has 28 heavy (non-hydrogen) atoms. The van der Waals surface area contributed by atoms with E-state index in [1.54, 1.807) is 4.68 Å². The van der Waals surface area contributed by atoms with Crippen LogP contribution in [0, 0.1) is 0 Å². The van der Waals surface area contributed by atoms with Crippen molar-refractivity contribution in [2.45, 2.75) is 24.9 Å². The molecule has 0 saturated carbocycles. The zero-order valence-corrected chi connectivity index (χ0v) is 16.5. The van der Waals surface area contributed by atoms with Crippen LogP contribution in [-0.2, 0) is 7.05 Å². The predicted octanol–water partition coefficient (Wildman–Crippen LogP) is 1.33. The average Bonchev–Trinajstić information content (AvgIpc) is 3.10. The highest BCUT2D eigenvalue weighted by Gasteiger charge is 2.20. The number of anilines is 1. The first-order valence-corrected chi connectivity index (χ1v) is 9.55. The van der Waals surface area contributed by atoms with Crippen molar-refractivity contribution in [1.29, 1.82) is 0 Å². The lowest BCUT2D eigenvalue weighted by Crippen LogP contribution is -2.35. The third-order valence-electron chi connectivity index (χ3n) is 4.11. The second-order valence-electron chi connectivity index (χ2n) is 6.45. The number of nitrogens with zero attached hydrogens (tertiary/aromatic N) is 4. The normalized spacial score (nSPS) is 11.1. The summed E-state index contributed by atoms with van der Waals surface area (Å²) in [6, 6.07) is 9.58. The lowest BCUT2D eigenvalue weighted by Gasteiger charge is -2.07. The molecule has 10 heteroatoms. The number of carbonyl (C=O) groups is 1. The predicted molar refractivity (Wildman–Crippen MR) is 107 cm³/mol. The molecule has 1 aromatic carbocycles. The number of nitrogen functional groups attached to an aromatic ring is 1. The molecular formula is C18H20N6O3S. The van der Waals surface area contributed by atoms with Gasteiger partial charge in [-0.05, 0) is 12.1 Å². The van der Waals surface area contributed by atoms with Gasteiger partial charge >= 0.3 is 5.69 Å².